The van der Waals surface area contributed by atoms with Gasteiger partial charge in [0.25, 0.3) is 5.91 Å². The molecule has 2 aromatic carbocycles. The summed E-state index contributed by atoms with van der Waals surface area (Å²) in [5.74, 6) is 0.189. The molecule has 0 atom stereocenters. The molecule has 0 unspecified atom stereocenters. The molecule has 2 heterocycles. The summed E-state index contributed by atoms with van der Waals surface area (Å²) in [4.78, 5) is 16.2. The molecule has 3 N–H and O–H groups in total. The van der Waals surface area contributed by atoms with Crippen molar-refractivity contribution in [1.29, 1.82) is 0 Å². The number of aromatic nitrogens is 4. The van der Waals surface area contributed by atoms with E-state index in [9.17, 15) is 4.79 Å². The van der Waals surface area contributed by atoms with Crippen LogP contribution in [0.5, 0.6) is 0 Å². The van der Waals surface area contributed by atoms with E-state index in [0.29, 0.717) is 21.4 Å². The minimum Gasteiger partial charge on any atom is -0.364 e. The van der Waals surface area contributed by atoms with Gasteiger partial charge in [-0.3, -0.25) is 4.79 Å². The Kier molecular flexibility index (Phi) is 5.00. The number of primary amides is 1. The average molecular weight is 427 g/mol. The van der Waals surface area contributed by atoms with Gasteiger partial charge in [0.2, 0.25) is 0 Å². The molecule has 9 heteroatoms. The van der Waals surface area contributed by atoms with Gasteiger partial charge in [-0.1, -0.05) is 29.3 Å². The van der Waals surface area contributed by atoms with Crippen LogP contribution >= 0.6 is 23.2 Å². The number of anilines is 2. The first-order chi connectivity index (χ1) is 13.9. The third kappa shape index (κ3) is 3.70. The fourth-order valence-electron chi connectivity index (χ4n) is 2.97. The lowest BCUT2D eigenvalue weighted by Gasteiger charge is -2.07. The number of imidazole rings is 1. The highest BCUT2D eigenvalue weighted by Gasteiger charge is 2.18. The van der Waals surface area contributed by atoms with Gasteiger partial charge >= 0.3 is 0 Å². The number of hydrogen-bond donors (Lipinski definition) is 2. The molecule has 0 aliphatic rings. The van der Waals surface area contributed by atoms with Crippen molar-refractivity contribution >= 4 is 40.5 Å². The van der Waals surface area contributed by atoms with E-state index in [4.69, 9.17) is 28.9 Å². The van der Waals surface area contributed by atoms with E-state index in [1.165, 1.54) is 4.68 Å². The standard InChI is InChI=1S/C20H16Cl2N6O/c1-27-10-9-24-20(27)12-5-7-13(8-6-12)25-16-11-28(26-17(16)19(23)29)18-14(21)3-2-4-15(18)22/h2-11,25H,1H3,(H2,23,29). The number of aryl methyl sites for hydroxylation is 1. The number of benzene rings is 2. The number of carbonyl (C=O) groups is 1. The number of para-hydroxylation sites is 1. The number of carbonyl (C=O) groups excluding carboxylic acids is 1. The fourth-order valence-corrected chi connectivity index (χ4v) is 3.54. The van der Waals surface area contributed by atoms with E-state index in [1.54, 1.807) is 30.6 Å². The van der Waals surface area contributed by atoms with Crippen molar-refractivity contribution in [1.82, 2.24) is 19.3 Å². The van der Waals surface area contributed by atoms with Crippen molar-refractivity contribution in [3.63, 3.8) is 0 Å². The first kappa shape index (κ1) is 19.0. The zero-order chi connectivity index (χ0) is 20.5. The van der Waals surface area contributed by atoms with Crippen LogP contribution in [-0.4, -0.2) is 25.2 Å². The van der Waals surface area contributed by atoms with Crippen LogP contribution in [0.4, 0.5) is 11.4 Å². The summed E-state index contributed by atoms with van der Waals surface area (Å²) < 4.78 is 3.38. The van der Waals surface area contributed by atoms with Crippen LogP contribution < -0.4 is 11.1 Å². The van der Waals surface area contributed by atoms with E-state index in [2.05, 4.69) is 15.4 Å². The van der Waals surface area contributed by atoms with Gasteiger partial charge in [0.05, 0.1) is 21.9 Å². The molecule has 0 saturated carbocycles. The first-order valence-corrected chi connectivity index (χ1v) is 9.38. The van der Waals surface area contributed by atoms with Crippen molar-refractivity contribution in [2.75, 3.05) is 5.32 Å². The van der Waals surface area contributed by atoms with E-state index in [0.717, 1.165) is 17.1 Å². The molecule has 0 radical (unpaired) electrons. The van der Waals surface area contributed by atoms with Crippen LogP contribution in [-0.2, 0) is 7.05 Å². The largest absolute Gasteiger partial charge is 0.364 e. The molecular formula is C20H16Cl2N6O. The van der Waals surface area contributed by atoms with Crippen LogP contribution in [0.3, 0.4) is 0 Å². The molecule has 0 bridgehead atoms. The lowest BCUT2D eigenvalue weighted by atomic mass is 10.2. The zero-order valence-electron chi connectivity index (χ0n) is 15.3. The number of halogens is 2. The normalized spacial score (nSPS) is 10.9. The highest BCUT2D eigenvalue weighted by molar-refractivity contribution is 6.37. The summed E-state index contributed by atoms with van der Waals surface area (Å²) >= 11 is 12.5. The molecule has 4 rings (SSSR count). The van der Waals surface area contributed by atoms with Crippen molar-refractivity contribution in [2.45, 2.75) is 0 Å². The quantitative estimate of drug-likeness (QED) is 0.493. The summed E-state index contributed by atoms with van der Waals surface area (Å²) in [5, 5.41) is 8.25. The lowest BCUT2D eigenvalue weighted by molar-refractivity contribution is 0.0996. The first-order valence-electron chi connectivity index (χ1n) is 8.62. The number of nitrogens with one attached hydrogen (secondary N) is 1. The van der Waals surface area contributed by atoms with Crippen molar-refractivity contribution < 1.29 is 4.79 Å². The third-order valence-corrected chi connectivity index (χ3v) is 4.97. The van der Waals surface area contributed by atoms with Gasteiger partial charge in [0, 0.05) is 30.7 Å². The fraction of sp³-hybridized carbons (Fsp3) is 0.0500. The number of amides is 1. The maximum atomic E-state index is 11.9. The number of rotatable bonds is 5. The Morgan fingerprint density at radius 1 is 1.10 bits per heavy atom. The van der Waals surface area contributed by atoms with E-state index in [-0.39, 0.29) is 5.69 Å². The number of nitrogens with zero attached hydrogens (tertiary/aromatic N) is 4. The second-order valence-electron chi connectivity index (χ2n) is 6.33. The Labute approximate surface area is 176 Å². The zero-order valence-corrected chi connectivity index (χ0v) is 16.8. The highest BCUT2D eigenvalue weighted by atomic mass is 35.5. The van der Waals surface area contributed by atoms with Gasteiger partial charge in [-0.2, -0.15) is 5.10 Å². The Morgan fingerprint density at radius 2 is 1.79 bits per heavy atom. The molecule has 0 aliphatic heterocycles. The lowest BCUT2D eigenvalue weighted by Crippen LogP contribution is -2.14. The van der Waals surface area contributed by atoms with Crippen LogP contribution in [0.1, 0.15) is 10.5 Å². The summed E-state index contributed by atoms with van der Waals surface area (Å²) in [5.41, 5.74) is 8.23. The van der Waals surface area contributed by atoms with E-state index in [1.807, 2.05) is 42.1 Å². The number of hydrogen-bond acceptors (Lipinski definition) is 4. The monoisotopic (exact) mass is 426 g/mol. The smallest absolute Gasteiger partial charge is 0.271 e. The molecule has 0 spiro atoms. The van der Waals surface area contributed by atoms with E-state index >= 15 is 0 Å². The molecular weight excluding hydrogens is 411 g/mol. The minimum absolute atomic E-state index is 0.0779. The third-order valence-electron chi connectivity index (χ3n) is 4.36. The van der Waals surface area contributed by atoms with Crippen LogP contribution in [0.2, 0.25) is 10.0 Å². The SMILES string of the molecule is Cn1ccnc1-c1ccc(Nc2cn(-c3c(Cl)cccc3Cl)nc2C(N)=O)cc1. The maximum Gasteiger partial charge on any atom is 0.271 e. The van der Waals surface area contributed by atoms with Gasteiger partial charge in [0.15, 0.2) is 5.69 Å². The van der Waals surface area contributed by atoms with Gasteiger partial charge in [-0.25, -0.2) is 9.67 Å². The molecule has 29 heavy (non-hydrogen) atoms. The van der Waals surface area contributed by atoms with Crippen LogP contribution in [0, 0.1) is 0 Å². The molecule has 0 fully saturated rings. The highest BCUT2D eigenvalue weighted by Crippen LogP contribution is 2.30. The molecule has 146 valence electrons. The van der Waals surface area contributed by atoms with Crippen LogP contribution in [0.25, 0.3) is 17.1 Å². The maximum absolute atomic E-state index is 11.9. The molecule has 2 aromatic heterocycles. The predicted octanol–water partition coefficient (Wildman–Crippen LogP) is 4.42. The Hall–Kier alpha value is -3.29. The van der Waals surface area contributed by atoms with E-state index < -0.39 is 5.91 Å². The van der Waals surface area contributed by atoms with Gasteiger partial charge in [0.1, 0.15) is 11.5 Å². The molecule has 7 nitrogen and oxygen atoms in total. The van der Waals surface area contributed by atoms with Crippen molar-refractivity contribution in [3.8, 4) is 17.1 Å². The average Bonchev–Trinajstić information content (AvgIpc) is 3.29. The topological polar surface area (TPSA) is 90.8 Å². The van der Waals surface area contributed by atoms with Crippen molar-refractivity contribution in [2.24, 2.45) is 12.8 Å². The second-order valence-corrected chi connectivity index (χ2v) is 7.15. The van der Waals surface area contributed by atoms with Gasteiger partial charge in [-0.15, -0.1) is 0 Å². The number of nitrogens with two attached hydrogens (primary N) is 1. The molecule has 0 aliphatic carbocycles. The molecule has 1 amide bonds. The Morgan fingerprint density at radius 3 is 2.38 bits per heavy atom. The Balaban J connectivity index is 1.67. The summed E-state index contributed by atoms with van der Waals surface area (Å²) in [6, 6.07) is 12.8. The summed E-state index contributed by atoms with van der Waals surface area (Å²) in [7, 11) is 1.93. The summed E-state index contributed by atoms with van der Waals surface area (Å²) in [6.45, 7) is 0. The summed E-state index contributed by atoms with van der Waals surface area (Å²) in [6.07, 6.45) is 5.25. The second kappa shape index (κ2) is 7.62. The molecule has 4 aromatic rings. The molecule has 0 saturated heterocycles. The minimum atomic E-state index is -0.668. The van der Waals surface area contributed by atoms with Crippen molar-refractivity contribution in [3.05, 3.63) is 76.8 Å². The Bertz CT molecular complexity index is 1180. The van der Waals surface area contributed by atoms with Gasteiger partial charge in [-0.05, 0) is 36.4 Å². The van der Waals surface area contributed by atoms with Gasteiger partial charge < -0.3 is 15.6 Å². The predicted molar refractivity (Wildman–Crippen MR) is 114 cm³/mol. The van der Waals surface area contributed by atoms with Crippen LogP contribution in [0.15, 0.2) is 61.1 Å².